The Bertz CT molecular complexity index is 592. The molecule has 1 nitrogen and oxygen atoms in total. The third-order valence-electron chi connectivity index (χ3n) is 3.27. The molecule has 0 saturated carbocycles. The number of aryl methyl sites for hydroxylation is 2. The standard InChI is InChI=1S/C16H19F2NS/c1-4-5-19-16(12-7-11(3)20-9-12)13-6-10(2)14(17)8-15(13)18/h6-9,16,19H,4-5H2,1-3H3. The van der Waals surface area contributed by atoms with E-state index < -0.39 is 11.6 Å². The van der Waals surface area contributed by atoms with Crippen molar-refractivity contribution < 1.29 is 8.78 Å². The van der Waals surface area contributed by atoms with E-state index in [0.29, 0.717) is 11.1 Å². The third-order valence-corrected chi connectivity index (χ3v) is 4.15. The van der Waals surface area contributed by atoms with Crippen molar-refractivity contribution in [1.82, 2.24) is 5.32 Å². The van der Waals surface area contributed by atoms with Gasteiger partial charge in [0.2, 0.25) is 0 Å². The summed E-state index contributed by atoms with van der Waals surface area (Å²) < 4.78 is 27.5. The van der Waals surface area contributed by atoms with E-state index in [1.165, 1.54) is 4.88 Å². The molecule has 20 heavy (non-hydrogen) atoms. The van der Waals surface area contributed by atoms with Crippen molar-refractivity contribution in [2.45, 2.75) is 33.2 Å². The lowest BCUT2D eigenvalue weighted by atomic mass is 9.98. The second-order valence-corrected chi connectivity index (χ2v) is 6.12. The van der Waals surface area contributed by atoms with Crippen molar-refractivity contribution in [3.8, 4) is 0 Å². The number of halogens is 2. The largest absolute Gasteiger partial charge is 0.306 e. The molecule has 0 bridgehead atoms. The Labute approximate surface area is 122 Å². The van der Waals surface area contributed by atoms with Gasteiger partial charge in [-0.2, -0.15) is 0 Å². The van der Waals surface area contributed by atoms with Crippen molar-refractivity contribution in [3.05, 3.63) is 56.8 Å². The first-order chi connectivity index (χ1) is 9.52. The average molecular weight is 295 g/mol. The van der Waals surface area contributed by atoms with Gasteiger partial charge in [-0.3, -0.25) is 0 Å². The monoisotopic (exact) mass is 295 g/mol. The van der Waals surface area contributed by atoms with Gasteiger partial charge in [0.25, 0.3) is 0 Å². The number of rotatable bonds is 5. The lowest BCUT2D eigenvalue weighted by molar-refractivity contribution is 0.530. The Morgan fingerprint density at radius 2 is 1.90 bits per heavy atom. The fourth-order valence-electron chi connectivity index (χ4n) is 2.21. The Hall–Kier alpha value is -1.26. The van der Waals surface area contributed by atoms with Crippen molar-refractivity contribution in [1.29, 1.82) is 0 Å². The number of nitrogens with one attached hydrogen (secondary N) is 1. The summed E-state index contributed by atoms with van der Waals surface area (Å²) in [6.07, 6.45) is 0.960. The van der Waals surface area contributed by atoms with Crippen LogP contribution in [0.5, 0.6) is 0 Å². The molecule has 0 aliphatic rings. The van der Waals surface area contributed by atoms with E-state index in [2.05, 4.69) is 18.3 Å². The van der Waals surface area contributed by atoms with Gasteiger partial charge in [-0.15, -0.1) is 11.3 Å². The van der Waals surface area contributed by atoms with Crippen LogP contribution in [0, 0.1) is 25.5 Å². The molecule has 1 heterocycles. The van der Waals surface area contributed by atoms with Crippen LogP contribution < -0.4 is 5.32 Å². The molecule has 1 unspecified atom stereocenters. The van der Waals surface area contributed by atoms with Gasteiger partial charge in [0.1, 0.15) is 11.6 Å². The molecule has 0 aliphatic heterocycles. The zero-order valence-electron chi connectivity index (χ0n) is 12.0. The fraction of sp³-hybridized carbons (Fsp3) is 0.375. The van der Waals surface area contributed by atoms with E-state index >= 15 is 0 Å². The van der Waals surface area contributed by atoms with E-state index in [9.17, 15) is 8.78 Å². The molecular formula is C16H19F2NS. The normalized spacial score (nSPS) is 12.7. The van der Waals surface area contributed by atoms with E-state index in [1.54, 1.807) is 24.3 Å². The van der Waals surface area contributed by atoms with Gasteiger partial charge in [0.15, 0.2) is 0 Å². The first-order valence-corrected chi connectivity index (χ1v) is 7.64. The predicted molar refractivity (Wildman–Crippen MR) is 80.3 cm³/mol. The van der Waals surface area contributed by atoms with Gasteiger partial charge >= 0.3 is 0 Å². The lowest BCUT2D eigenvalue weighted by Gasteiger charge is -2.19. The van der Waals surface area contributed by atoms with E-state index in [1.807, 2.05) is 12.3 Å². The summed E-state index contributed by atoms with van der Waals surface area (Å²) in [5, 5.41) is 5.38. The summed E-state index contributed by atoms with van der Waals surface area (Å²) >= 11 is 1.64. The molecule has 0 aliphatic carbocycles. The van der Waals surface area contributed by atoms with Crippen molar-refractivity contribution in [2.24, 2.45) is 0 Å². The fourth-order valence-corrected chi connectivity index (χ4v) is 2.94. The van der Waals surface area contributed by atoms with Crippen molar-refractivity contribution >= 4 is 11.3 Å². The van der Waals surface area contributed by atoms with Crippen LogP contribution in [0.1, 0.15) is 41.0 Å². The molecule has 1 aromatic heterocycles. The summed E-state index contributed by atoms with van der Waals surface area (Å²) in [7, 11) is 0. The molecule has 0 amide bonds. The summed E-state index contributed by atoms with van der Waals surface area (Å²) in [5.41, 5.74) is 2.01. The van der Waals surface area contributed by atoms with Crippen LogP contribution in [0.2, 0.25) is 0 Å². The molecule has 108 valence electrons. The summed E-state index contributed by atoms with van der Waals surface area (Å²) in [4.78, 5) is 1.18. The van der Waals surface area contributed by atoms with Gasteiger partial charge in [0, 0.05) is 16.5 Å². The first kappa shape index (κ1) is 15.1. The molecule has 0 spiro atoms. The van der Waals surface area contributed by atoms with Crippen molar-refractivity contribution in [3.63, 3.8) is 0 Å². The highest BCUT2D eigenvalue weighted by molar-refractivity contribution is 7.10. The minimum atomic E-state index is -0.498. The molecular weight excluding hydrogens is 276 g/mol. The maximum atomic E-state index is 14.1. The second-order valence-electron chi connectivity index (χ2n) is 5.00. The predicted octanol–water partition coefficient (Wildman–Crippen LogP) is 4.73. The number of hydrogen-bond donors (Lipinski definition) is 1. The Morgan fingerprint density at radius 1 is 1.15 bits per heavy atom. The van der Waals surface area contributed by atoms with E-state index in [0.717, 1.165) is 24.6 Å². The van der Waals surface area contributed by atoms with Gasteiger partial charge in [-0.05, 0) is 55.5 Å². The zero-order chi connectivity index (χ0) is 14.7. The van der Waals surface area contributed by atoms with Gasteiger partial charge in [0.05, 0.1) is 6.04 Å². The topological polar surface area (TPSA) is 12.0 Å². The molecule has 2 aromatic rings. The molecule has 1 atom stereocenters. The van der Waals surface area contributed by atoms with Crippen LogP contribution in [0.3, 0.4) is 0 Å². The SMILES string of the molecule is CCCNC(c1csc(C)c1)c1cc(C)c(F)cc1F. The highest BCUT2D eigenvalue weighted by Crippen LogP contribution is 2.29. The van der Waals surface area contributed by atoms with Crippen LogP contribution in [-0.4, -0.2) is 6.54 Å². The smallest absolute Gasteiger partial charge is 0.131 e. The van der Waals surface area contributed by atoms with E-state index in [4.69, 9.17) is 0 Å². The molecule has 1 N–H and O–H groups in total. The minimum Gasteiger partial charge on any atom is -0.306 e. The van der Waals surface area contributed by atoms with Crippen LogP contribution in [0.25, 0.3) is 0 Å². The maximum Gasteiger partial charge on any atom is 0.131 e. The molecule has 4 heteroatoms. The Balaban J connectivity index is 2.43. The third kappa shape index (κ3) is 3.25. The molecule has 0 radical (unpaired) electrons. The summed E-state index contributed by atoms with van der Waals surface area (Å²) in [6, 6.07) is 4.41. The molecule has 0 saturated heterocycles. The van der Waals surface area contributed by atoms with Gasteiger partial charge < -0.3 is 5.32 Å². The van der Waals surface area contributed by atoms with Crippen LogP contribution >= 0.6 is 11.3 Å². The quantitative estimate of drug-likeness (QED) is 0.840. The molecule has 2 rings (SSSR count). The summed E-state index contributed by atoms with van der Waals surface area (Å²) in [6.45, 7) is 6.54. The molecule has 1 aromatic carbocycles. The van der Waals surface area contributed by atoms with Crippen molar-refractivity contribution in [2.75, 3.05) is 6.54 Å². The number of hydrogen-bond acceptors (Lipinski definition) is 2. The lowest BCUT2D eigenvalue weighted by Crippen LogP contribution is -2.24. The zero-order valence-corrected chi connectivity index (χ0v) is 12.8. The first-order valence-electron chi connectivity index (χ1n) is 6.77. The van der Waals surface area contributed by atoms with Crippen LogP contribution in [0.4, 0.5) is 8.78 Å². The molecule has 0 fully saturated rings. The van der Waals surface area contributed by atoms with Crippen LogP contribution in [0.15, 0.2) is 23.6 Å². The number of thiophene rings is 1. The van der Waals surface area contributed by atoms with Gasteiger partial charge in [-0.1, -0.05) is 6.92 Å². The maximum absolute atomic E-state index is 14.1. The average Bonchev–Trinajstić information content (AvgIpc) is 2.82. The Morgan fingerprint density at radius 3 is 2.50 bits per heavy atom. The highest BCUT2D eigenvalue weighted by Gasteiger charge is 2.19. The van der Waals surface area contributed by atoms with Crippen LogP contribution in [-0.2, 0) is 0 Å². The summed E-state index contributed by atoms with van der Waals surface area (Å²) in [5.74, 6) is -0.993. The van der Waals surface area contributed by atoms with Gasteiger partial charge in [-0.25, -0.2) is 8.78 Å². The minimum absolute atomic E-state index is 0.223. The van der Waals surface area contributed by atoms with E-state index in [-0.39, 0.29) is 6.04 Å². The second kappa shape index (κ2) is 6.46. The highest BCUT2D eigenvalue weighted by atomic mass is 32.1. The number of benzene rings is 1. The Kier molecular flexibility index (Phi) is 4.89.